The monoisotopic (exact) mass is 427 g/mol. The number of amides is 1. The molecule has 0 bridgehead atoms. The first-order valence-electron chi connectivity index (χ1n) is 9.62. The van der Waals surface area contributed by atoms with Crippen LogP contribution in [0, 0.1) is 6.92 Å². The van der Waals surface area contributed by atoms with Crippen molar-refractivity contribution in [2.24, 2.45) is 0 Å². The SMILES string of the molecule is CCCOc1ncccc1CNC(=O)c1sc(-c2ccc(OC)c(OC)c2)nc1C. The Morgan fingerprint density at radius 1 is 1.17 bits per heavy atom. The van der Waals surface area contributed by atoms with Gasteiger partial charge in [-0.2, -0.15) is 0 Å². The van der Waals surface area contributed by atoms with Crippen LogP contribution in [0.3, 0.4) is 0 Å². The van der Waals surface area contributed by atoms with Crippen LogP contribution in [0.5, 0.6) is 17.4 Å². The molecule has 8 heteroatoms. The average Bonchev–Trinajstić information content (AvgIpc) is 3.17. The van der Waals surface area contributed by atoms with Crippen molar-refractivity contribution in [3.63, 3.8) is 0 Å². The first kappa shape index (κ1) is 21.6. The molecule has 30 heavy (non-hydrogen) atoms. The number of ether oxygens (including phenoxy) is 3. The van der Waals surface area contributed by atoms with Gasteiger partial charge in [0, 0.05) is 23.9 Å². The molecule has 0 aliphatic heterocycles. The molecule has 0 saturated heterocycles. The van der Waals surface area contributed by atoms with Crippen molar-refractivity contribution >= 4 is 17.2 Å². The highest BCUT2D eigenvalue weighted by atomic mass is 32.1. The Bertz CT molecular complexity index is 1020. The van der Waals surface area contributed by atoms with Crippen molar-refractivity contribution in [2.45, 2.75) is 26.8 Å². The van der Waals surface area contributed by atoms with E-state index in [2.05, 4.69) is 15.3 Å². The molecule has 2 heterocycles. The summed E-state index contributed by atoms with van der Waals surface area (Å²) in [5.74, 6) is 1.63. The zero-order valence-electron chi connectivity index (χ0n) is 17.5. The molecule has 0 aliphatic carbocycles. The van der Waals surface area contributed by atoms with Crippen LogP contribution in [0.25, 0.3) is 10.6 Å². The number of carbonyl (C=O) groups is 1. The minimum absolute atomic E-state index is 0.179. The summed E-state index contributed by atoms with van der Waals surface area (Å²) in [7, 11) is 3.18. The number of carbonyl (C=O) groups excluding carboxylic acids is 1. The highest BCUT2D eigenvalue weighted by Crippen LogP contribution is 2.35. The fourth-order valence-electron chi connectivity index (χ4n) is 2.84. The molecule has 0 atom stereocenters. The van der Waals surface area contributed by atoms with Gasteiger partial charge in [0.15, 0.2) is 11.5 Å². The van der Waals surface area contributed by atoms with Crippen LogP contribution >= 0.6 is 11.3 Å². The van der Waals surface area contributed by atoms with Crippen LogP contribution in [-0.2, 0) is 6.54 Å². The molecule has 1 N–H and O–H groups in total. The minimum atomic E-state index is -0.179. The van der Waals surface area contributed by atoms with Crippen molar-refractivity contribution in [3.05, 3.63) is 52.7 Å². The van der Waals surface area contributed by atoms with Gasteiger partial charge in [0.25, 0.3) is 5.91 Å². The maximum absolute atomic E-state index is 12.8. The van der Waals surface area contributed by atoms with Crippen molar-refractivity contribution < 1.29 is 19.0 Å². The summed E-state index contributed by atoms with van der Waals surface area (Å²) in [5, 5.41) is 3.69. The Morgan fingerprint density at radius 2 is 1.97 bits per heavy atom. The van der Waals surface area contributed by atoms with E-state index in [4.69, 9.17) is 14.2 Å². The highest BCUT2D eigenvalue weighted by Gasteiger charge is 2.18. The molecular weight excluding hydrogens is 402 g/mol. The maximum Gasteiger partial charge on any atom is 0.263 e. The Hall–Kier alpha value is -3.13. The van der Waals surface area contributed by atoms with Gasteiger partial charge in [-0.1, -0.05) is 13.0 Å². The summed E-state index contributed by atoms with van der Waals surface area (Å²) in [6, 6.07) is 9.30. The first-order chi connectivity index (χ1) is 14.6. The minimum Gasteiger partial charge on any atom is -0.493 e. The Kier molecular flexibility index (Phi) is 7.24. The van der Waals surface area contributed by atoms with Crippen molar-refractivity contribution in [1.29, 1.82) is 0 Å². The summed E-state index contributed by atoms with van der Waals surface area (Å²) in [5.41, 5.74) is 2.37. The average molecular weight is 428 g/mol. The molecule has 3 rings (SSSR count). The van der Waals surface area contributed by atoms with Crippen LogP contribution in [0.4, 0.5) is 0 Å². The number of benzene rings is 1. The summed E-state index contributed by atoms with van der Waals surface area (Å²) in [6.07, 6.45) is 2.57. The third-order valence-corrected chi connectivity index (χ3v) is 5.57. The summed E-state index contributed by atoms with van der Waals surface area (Å²) in [4.78, 5) is 22.2. The number of aryl methyl sites for hydroxylation is 1. The molecule has 2 aromatic heterocycles. The van der Waals surface area contributed by atoms with Crippen molar-refractivity contribution in [3.8, 4) is 28.0 Å². The lowest BCUT2D eigenvalue weighted by atomic mass is 10.2. The van der Waals surface area contributed by atoms with Gasteiger partial charge in [-0.25, -0.2) is 9.97 Å². The van der Waals surface area contributed by atoms with Crippen LogP contribution in [0.15, 0.2) is 36.5 Å². The van der Waals surface area contributed by atoms with Gasteiger partial charge in [0.2, 0.25) is 5.88 Å². The summed E-state index contributed by atoms with van der Waals surface area (Å²) in [6.45, 7) is 4.78. The van der Waals surface area contributed by atoms with Gasteiger partial charge in [-0.15, -0.1) is 11.3 Å². The van der Waals surface area contributed by atoms with Crippen LogP contribution in [-0.4, -0.2) is 36.7 Å². The van der Waals surface area contributed by atoms with E-state index >= 15 is 0 Å². The maximum atomic E-state index is 12.8. The third kappa shape index (κ3) is 4.88. The molecule has 1 aromatic carbocycles. The van der Waals surface area contributed by atoms with Crippen LogP contribution < -0.4 is 19.5 Å². The Labute approximate surface area is 180 Å². The predicted molar refractivity (Wildman–Crippen MR) is 117 cm³/mol. The quantitative estimate of drug-likeness (QED) is 0.550. The number of aromatic nitrogens is 2. The van der Waals surface area contributed by atoms with E-state index in [0.29, 0.717) is 41.1 Å². The third-order valence-electron chi connectivity index (χ3n) is 4.37. The molecule has 0 fully saturated rings. The molecular formula is C22H25N3O4S. The topological polar surface area (TPSA) is 82.6 Å². The fourth-order valence-corrected chi connectivity index (χ4v) is 3.82. The standard InChI is InChI=1S/C22H25N3O4S/c1-5-11-29-21-16(7-6-10-23-21)13-24-20(26)19-14(2)25-22(30-19)15-8-9-17(27-3)18(12-15)28-4/h6-10,12H,5,11,13H2,1-4H3,(H,24,26). The normalized spacial score (nSPS) is 10.5. The van der Waals surface area contributed by atoms with Crippen molar-refractivity contribution in [1.82, 2.24) is 15.3 Å². The largest absolute Gasteiger partial charge is 0.493 e. The van der Waals surface area contributed by atoms with E-state index in [1.807, 2.05) is 44.2 Å². The molecule has 7 nitrogen and oxygen atoms in total. The second kappa shape index (κ2) is 10.1. The van der Waals surface area contributed by atoms with Gasteiger partial charge in [-0.3, -0.25) is 4.79 Å². The Balaban J connectivity index is 1.75. The number of hydrogen-bond acceptors (Lipinski definition) is 7. The number of pyridine rings is 1. The molecule has 0 saturated carbocycles. The zero-order valence-corrected chi connectivity index (χ0v) is 18.3. The molecule has 0 unspecified atom stereocenters. The Morgan fingerprint density at radius 3 is 2.70 bits per heavy atom. The highest BCUT2D eigenvalue weighted by molar-refractivity contribution is 7.17. The second-order valence-corrected chi connectivity index (χ2v) is 7.50. The lowest BCUT2D eigenvalue weighted by Gasteiger charge is -2.10. The molecule has 0 radical (unpaired) electrons. The number of thiazole rings is 1. The second-order valence-electron chi connectivity index (χ2n) is 6.50. The number of hydrogen-bond donors (Lipinski definition) is 1. The molecule has 0 spiro atoms. The van der Waals surface area contributed by atoms with Crippen molar-refractivity contribution in [2.75, 3.05) is 20.8 Å². The van der Waals surface area contributed by atoms with E-state index < -0.39 is 0 Å². The summed E-state index contributed by atoms with van der Waals surface area (Å²) >= 11 is 1.34. The van der Waals surface area contributed by atoms with E-state index in [1.54, 1.807) is 20.4 Å². The van der Waals surface area contributed by atoms with Gasteiger partial charge in [-0.05, 0) is 37.6 Å². The number of nitrogens with one attached hydrogen (secondary N) is 1. The van der Waals surface area contributed by atoms with Gasteiger partial charge in [0.05, 0.1) is 26.5 Å². The van der Waals surface area contributed by atoms with E-state index in [-0.39, 0.29) is 5.91 Å². The first-order valence-corrected chi connectivity index (χ1v) is 10.4. The molecule has 0 aliphatic rings. The number of methoxy groups -OCH3 is 2. The lowest BCUT2D eigenvalue weighted by Crippen LogP contribution is -2.23. The lowest BCUT2D eigenvalue weighted by molar-refractivity contribution is 0.0954. The number of rotatable bonds is 9. The van der Waals surface area contributed by atoms with E-state index in [1.165, 1.54) is 11.3 Å². The molecule has 3 aromatic rings. The number of nitrogens with zero attached hydrogens (tertiary/aromatic N) is 2. The zero-order chi connectivity index (χ0) is 21.5. The smallest absolute Gasteiger partial charge is 0.263 e. The van der Waals surface area contributed by atoms with E-state index in [9.17, 15) is 4.79 Å². The predicted octanol–water partition coefficient (Wildman–Crippen LogP) is 4.25. The van der Waals surface area contributed by atoms with Gasteiger partial charge < -0.3 is 19.5 Å². The summed E-state index contributed by atoms with van der Waals surface area (Å²) < 4.78 is 16.3. The van der Waals surface area contributed by atoms with Gasteiger partial charge in [0.1, 0.15) is 9.88 Å². The van der Waals surface area contributed by atoms with E-state index in [0.717, 1.165) is 22.6 Å². The molecule has 158 valence electrons. The van der Waals surface area contributed by atoms with Crippen LogP contribution in [0.1, 0.15) is 34.3 Å². The fraction of sp³-hybridized carbons (Fsp3) is 0.318. The van der Waals surface area contributed by atoms with Crippen LogP contribution in [0.2, 0.25) is 0 Å². The molecule has 1 amide bonds. The van der Waals surface area contributed by atoms with Gasteiger partial charge >= 0.3 is 0 Å².